The van der Waals surface area contributed by atoms with Crippen LogP contribution in [0.5, 0.6) is 0 Å². The molecule has 0 unspecified atom stereocenters. The maximum Gasteiger partial charge on any atom is 0.252 e. The van der Waals surface area contributed by atoms with Crippen LogP contribution in [-0.4, -0.2) is 6.71 Å². The Kier molecular flexibility index (Phi) is 10.4. The van der Waals surface area contributed by atoms with E-state index in [1.807, 2.05) is 0 Å². The van der Waals surface area contributed by atoms with Crippen LogP contribution in [0.15, 0.2) is 103 Å². The number of fused-ring (bicyclic) bond motifs is 7. The van der Waals surface area contributed by atoms with Gasteiger partial charge in [0.2, 0.25) is 0 Å². The zero-order valence-corrected chi connectivity index (χ0v) is 47.0. The molecule has 0 saturated heterocycles. The van der Waals surface area contributed by atoms with Crippen LogP contribution in [0.1, 0.15) is 212 Å². The molecule has 5 aliphatic rings. The van der Waals surface area contributed by atoms with Gasteiger partial charge in [-0.05, 0) is 198 Å². The second-order valence-electron chi connectivity index (χ2n) is 28.7. The van der Waals surface area contributed by atoms with E-state index in [0.717, 1.165) is 0 Å². The highest BCUT2D eigenvalue weighted by atomic mass is 15.2. The molecule has 3 heteroatoms. The molecular weight excluding hydrogens is 856 g/mol. The van der Waals surface area contributed by atoms with Crippen molar-refractivity contribution in [1.29, 1.82) is 0 Å². The summed E-state index contributed by atoms with van der Waals surface area (Å²) in [6, 6.07) is 42.3. The Hall–Kier alpha value is -5.02. The molecule has 6 aromatic carbocycles. The van der Waals surface area contributed by atoms with E-state index >= 15 is 0 Å². The fourth-order valence-electron chi connectivity index (χ4n) is 14.1. The number of aryl methyl sites for hydroxylation is 1. The molecule has 0 atom stereocenters. The molecule has 0 bridgehead atoms. The van der Waals surface area contributed by atoms with Gasteiger partial charge in [0.25, 0.3) is 6.71 Å². The largest absolute Gasteiger partial charge is 0.311 e. The first-order valence-corrected chi connectivity index (χ1v) is 27.4. The normalized spacial score (nSPS) is 20.5. The van der Waals surface area contributed by atoms with Gasteiger partial charge in [0, 0.05) is 39.5 Å². The minimum absolute atomic E-state index is 0.0190. The zero-order chi connectivity index (χ0) is 51.0. The van der Waals surface area contributed by atoms with Crippen molar-refractivity contribution in [1.82, 2.24) is 0 Å². The second-order valence-corrected chi connectivity index (χ2v) is 28.7. The third-order valence-electron chi connectivity index (χ3n) is 19.6. The Morgan fingerprint density at radius 1 is 0.380 bits per heavy atom. The van der Waals surface area contributed by atoms with Crippen LogP contribution in [0, 0.1) is 6.92 Å². The predicted molar refractivity (Wildman–Crippen MR) is 308 cm³/mol. The molecule has 0 fully saturated rings. The minimum atomic E-state index is -0.216. The summed E-state index contributed by atoms with van der Waals surface area (Å²) in [6.45, 7) is 44.3. The van der Waals surface area contributed by atoms with E-state index < -0.39 is 0 Å². The van der Waals surface area contributed by atoms with E-state index in [2.05, 4.69) is 238 Å². The topological polar surface area (TPSA) is 6.48 Å². The molecule has 6 aromatic rings. The first-order chi connectivity index (χ1) is 32.9. The Morgan fingerprint density at radius 3 is 1.39 bits per heavy atom. The van der Waals surface area contributed by atoms with Crippen molar-refractivity contribution in [2.75, 3.05) is 9.80 Å². The molecule has 2 heterocycles. The lowest BCUT2D eigenvalue weighted by Gasteiger charge is -2.49. The Balaban J connectivity index is 1.29. The molecule has 2 nitrogen and oxygen atoms in total. The highest BCUT2D eigenvalue weighted by molar-refractivity contribution is 7.00. The van der Waals surface area contributed by atoms with Gasteiger partial charge in [-0.2, -0.15) is 0 Å². The second kappa shape index (κ2) is 15.3. The van der Waals surface area contributed by atoms with Crippen LogP contribution in [0.4, 0.5) is 34.1 Å². The third-order valence-corrected chi connectivity index (χ3v) is 19.6. The Labute approximate surface area is 430 Å². The van der Waals surface area contributed by atoms with Gasteiger partial charge in [0.1, 0.15) is 0 Å². The molecular formula is C68H83BN2. The third kappa shape index (κ3) is 7.30. The van der Waals surface area contributed by atoms with E-state index in [-0.39, 0.29) is 50.0 Å². The number of anilines is 6. The smallest absolute Gasteiger partial charge is 0.252 e. The number of benzene rings is 6. The summed E-state index contributed by atoms with van der Waals surface area (Å²) in [4.78, 5) is 5.49. The molecule has 3 aliphatic carbocycles. The Bertz CT molecular complexity index is 3180. The minimum Gasteiger partial charge on any atom is -0.311 e. The SMILES string of the molecule is Cc1cc2c(cc1N1c3ccc(C(C)(C)c4ccccc4)cc3B3c4cc5c(cc4N(c4ccc6c(c4)C(C)(C)CCC6(C)C)c4cc(C(C)(C)C)cc1c43)C(C)(C)CCC5(C)C)C(C)(C)CCC2(C)C. The summed E-state index contributed by atoms with van der Waals surface area (Å²) in [5.41, 5.74) is 26.8. The van der Waals surface area contributed by atoms with Crippen molar-refractivity contribution in [2.24, 2.45) is 0 Å². The molecule has 2 aliphatic heterocycles. The molecule has 0 radical (unpaired) electrons. The van der Waals surface area contributed by atoms with Crippen molar-refractivity contribution in [2.45, 2.75) is 206 Å². The molecule has 0 aromatic heterocycles. The van der Waals surface area contributed by atoms with E-state index in [1.54, 1.807) is 0 Å². The number of hydrogen-bond donors (Lipinski definition) is 0. The Morgan fingerprint density at radius 2 is 0.845 bits per heavy atom. The predicted octanol–water partition coefficient (Wildman–Crippen LogP) is 16.7. The van der Waals surface area contributed by atoms with Crippen molar-refractivity contribution in [3.05, 3.63) is 159 Å². The standard InChI is InChI=1S/C68H83BN2/c1-42-34-48-51(66(13,14)32-30-63(48,7)8)40-56(42)71-55-27-24-44(68(17,18)43-22-20-19-21-23-43)35-53(55)69-54-39-50-52(67(15,16)33-31-65(50,11)12)41-57(54)70(58-36-45(61(2,3)4)37-59(71)60(58)69)46-25-26-47-49(38-46)64(9,10)29-28-62(47,5)6/h19-27,34-41H,28-33H2,1-18H3. The van der Waals surface area contributed by atoms with E-state index in [1.165, 1.54) is 145 Å². The summed E-state index contributed by atoms with van der Waals surface area (Å²) in [7, 11) is 0. The molecule has 0 spiro atoms. The van der Waals surface area contributed by atoms with Crippen LogP contribution < -0.4 is 26.2 Å². The molecule has 0 N–H and O–H groups in total. The quantitative estimate of drug-likeness (QED) is 0.162. The van der Waals surface area contributed by atoms with Gasteiger partial charge in [-0.15, -0.1) is 0 Å². The van der Waals surface area contributed by atoms with Crippen LogP contribution in [0.2, 0.25) is 0 Å². The van der Waals surface area contributed by atoms with Gasteiger partial charge in [-0.1, -0.05) is 178 Å². The molecule has 11 rings (SSSR count). The van der Waals surface area contributed by atoms with Crippen LogP contribution in [0.25, 0.3) is 0 Å². The van der Waals surface area contributed by atoms with Crippen molar-refractivity contribution in [3.8, 4) is 0 Å². The fraction of sp³-hybridized carbons (Fsp3) is 0.471. The monoisotopic (exact) mass is 939 g/mol. The maximum absolute atomic E-state index is 2.75. The van der Waals surface area contributed by atoms with Gasteiger partial charge in [0.05, 0.1) is 0 Å². The summed E-state index contributed by atoms with van der Waals surface area (Å²) in [5, 5.41) is 0. The highest BCUT2D eigenvalue weighted by Gasteiger charge is 2.49. The highest BCUT2D eigenvalue weighted by Crippen LogP contribution is 2.55. The lowest BCUT2D eigenvalue weighted by molar-refractivity contribution is 0.332. The number of hydrogen-bond acceptors (Lipinski definition) is 2. The average molecular weight is 939 g/mol. The van der Waals surface area contributed by atoms with Crippen molar-refractivity contribution >= 4 is 57.2 Å². The van der Waals surface area contributed by atoms with Gasteiger partial charge in [-0.25, -0.2) is 0 Å². The van der Waals surface area contributed by atoms with E-state index in [4.69, 9.17) is 0 Å². The summed E-state index contributed by atoms with van der Waals surface area (Å²) >= 11 is 0. The van der Waals surface area contributed by atoms with Crippen molar-refractivity contribution < 1.29 is 0 Å². The number of nitrogens with zero attached hydrogens (tertiary/aromatic N) is 2. The summed E-state index contributed by atoms with van der Waals surface area (Å²) in [6.07, 6.45) is 7.12. The van der Waals surface area contributed by atoms with E-state index in [9.17, 15) is 0 Å². The summed E-state index contributed by atoms with van der Waals surface area (Å²) < 4.78 is 0. The van der Waals surface area contributed by atoms with Gasteiger partial charge in [0.15, 0.2) is 0 Å². The lowest BCUT2D eigenvalue weighted by Crippen LogP contribution is -2.62. The summed E-state index contributed by atoms with van der Waals surface area (Å²) in [5.74, 6) is 0. The van der Waals surface area contributed by atoms with Crippen molar-refractivity contribution in [3.63, 3.8) is 0 Å². The average Bonchev–Trinajstić information content (AvgIpc) is 3.30. The van der Waals surface area contributed by atoms with Crippen LogP contribution in [-0.2, 0) is 43.3 Å². The van der Waals surface area contributed by atoms with E-state index in [0.29, 0.717) is 0 Å². The fourth-order valence-corrected chi connectivity index (χ4v) is 14.1. The number of rotatable bonds is 4. The molecule has 71 heavy (non-hydrogen) atoms. The molecule has 0 amide bonds. The van der Waals surface area contributed by atoms with Crippen LogP contribution in [0.3, 0.4) is 0 Å². The lowest BCUT2D eigenvalue weighted by atomic mass is 9.32. The maximum atomic E-state index is 2.75. The first kappa shape index (κ1) is 48.3. The zero-order valence-electron chi connectivity index (χ0n) is 47.0. The molecule has 0 saturated carbocycles. The van der Waals surface area contributed by atoms with Crippen LogP contribution >= 0.6 is 0 Å². The van der Waals surface area contributed by atoms with Gasteiger partial charge >= 0.3 is 0 Å². The van der Waals surface area contributed by atoms with Gasteiger partial charge in [-0.3, -0.25) is 0 Å². The van der Waals surface area contributed by atoms with Gasteiger partial charge < -0.3 is 9.80 Å². The molecule has 368 valence electrons. The first-order valence-electron chi connectivity index (χ1n) is 27.4.